The zero-order chi connectivity index (χ0) is 14.9. The van der Waals surface area contributed by atoms with Crippen molar-refractivity contribution in [2.24, 2.45) is 0 Å². The van der Waals surface area contributed by atoms with E-state index in [1.165, 1.54) is 0 Å². The standard InChI is InChI=1S/C17H15N3O2/c21-17(16-14-10-22-8-7-15(14)19-20-16)18-13-6-5-11-3-1-2-4-12(11)9-13/h1-6,9H,7-8,10H2,(H,18,21)(H,19,20). The summed E-state index contributed by atoms with van der Waals surface area (Å²) in [4.78, 5) is 12.4. The fourth-order valence-corrected chi connectivity index (χ4v) is 2.76. The molecule has 0 atom stereocenters. The number of hydrogen-bond donors (Lipinski definition) is 2. The molecule has 0 saturated carbocycles. The van der Waals surface area contributed by atoms with E-state index < -0.39 is 0 Å². The predicted molar refractivity (Wildman–Crippen MR) is 83.8 cm³/mol. The first-order chi connectivity index (χ1) is 10.8. The highest BCUT2D eigenvalue weighted by Crippen LogP contribution is 2.22. The molecule has 5 heteroatoms. The number of rotatable bonds is 2. The fraction of sp³-hybridized carbons (Fsp3) is 0.176. The number of H-pyrrole nitrogens is 1. The van der Waals surface area contributed by atoms with Crippen LogP contribution in [0.5, 0.6) is 0 Å². The van der Waals surface area contributed by atoms with Crippen molar-refractivity contribution >= 4 is 22.4 Å². The van der Waals surface area contributed by atoms with Crippen LogP contribution in [0, 0.1) is 0 Å². The topological polar surface area (TPSA) is 67.0 Å². The van der Waals surface area contributed by atoms with Crippen LogP contribution in [-0.2, 0) is 17.8 Å². The Balaban J connectivity index is 1.62. The zero-order valence-electron chi connectivity index (χ0n) is 11.9. The zero-order valence-corrected chi connectivity index (χ0v) is 11.9. The minimum atomic E-state index is -0.210. The molecule has 1 aliphatic heterocycles. The number of ether oxygens (including phenoxy) is 1. The molecule has 2 aromatic carbocycles. The summed E-state index contributed by atoms with van der Waals surface area (Å²) in [5, 5.41) is 12.2. The Morgan fingerprint density at radius 3 is 2.95 bits per heavy atom. The molecule has 2 heterocycles. The predicted octanol–water partition coefficient (Wildman–Crippen LogP) is 2.89. The van der Waals surface area contributed by atoms with E-state index in [0.29, 0.717) is 18.9 Å². The summed E-state index contributed by atoms with van der Waals surface area (Å²) >= 11 is 0. The smallest absolute Gasteiger partial charge is 0.276 e. The van der Waals surface area contributed by atoms with Crippen molar-refractivity contribution in [3.05, 3.63) is 59.4 Å². The second-order valence-corrected chi connectivity index (χ2v) is 5.35. The Kier molecular flexibility index (Phi) is 3.12. The maximum Gasteiger partial charge on any atom is 0.276 e. The molecule has 0 saturated heterocycles. The molecule has 0 aliphatic carbocycles. The summed E-state index contributed by atoms with van der Waals surface area (Å²) in [6.07, 6.45) is 0.769. The highest BCUT2D eigenvalue weighted by molar-refractivity contribution is 6.05. The van der Waals surface area contributed by atoms with Crippen LogP contribution >= 0.6 is 0 Å². The molecule has 0 spiro atoms. The molecule has 0 unspecified atom stereocenters. The summed E-state index contributed by atoms with van der Waals surface area (Å²) in [5.41, 5.74) is 3.04. The van der Waals surface area contributed by atoms with Gasteiger partial charge in [-0.25, -0.2) is 0 Å². The maximum atomic E-state index is 12.4. The van der Waals surface area contributed by atoms with Gasteiger partial charge in [0.15, 0.2) is 5.69 Å². The Bertz CT molecular complexity index is 854. The summed E-state index contributed by atoms with van der Waals surface area (Å²) in [6.45, 7) is 1.10. The third-order valence-corrected chi connectivity index (χ3v) is 3.92. The molecule has 0 bridgehead atoms. The van der Waals surface area contributed by atoms with Gasteiger partial charge >= 0.3 is 0 Å². The van der Waals surface area contributed by atoms with Crippen LogP contribution in [0.25, 0.3) is 10.8 Å². The number of carbonyl (C=O) groups excluding carboxylic acids is 1. The lowest BCUT2D eigenvalue weighted by Crippen LogP contribution is -2.17. The Morgan fingerprint density at radius 2 is 2.05 bits per heavy atom. The highest BCUT2D eigenvalue weighted by atomic mass is 16.5. The quantitative estimate of drug-likeness (QED) is 0.763. The third-order valence-electron chi connectivity index (χ3n) is 3.92. The van der Waals surface area contributed by atoms with Gasteiger partial charge in [-0.15, -0.1) is 0 Å². The van der Waals surface area contributed by atoms with E-state index in [-0.39, 0.29) is 5.91 Å². The van der Waals surface area contributed by atoms with Crippen molar-refractivity contribution < 1.29 is 9.53 Å². The number of hydrogen-bond acceptors (Lipinski definition) is 3. The molecule has 0 radical (unpaired) electrons. The van der Waals surface area contributed by atoms with Gasteiger partial charge in [0.1, 0.15) is 0 Å². The highest BCUT2D eigenvalue weighted by Gasteiger charge is 2.22. The van der Waals surface area contributed by atoms with Crippen LogP contribution in [0.15, 0.2) is 42.5 Å². The van der Waals surface area contributed by atoms with Gasteiger partial charge in [-0.2, -0.15) is 5.10 Å². The number of aromatic nitrogens is 2. The van der Waals surface area contributed by atoms with Gasteiger partial charge < -0.3 is 10.1 Å². The minimum absolute atomic E-state index is 0.210. The summed E-state index contributed by atoms with van der Waals surface area (Å²) in [6, 6.07) is 13.9. The van der Waals surface area contributed by atoms with E-state index in [2.05, 4.69) is 15.5 Å². The average Bonchev–Trinajstić information content (AvgIpc) is 2.99. The number of aromatic amines is 1. The van der Waals surface area contributed by atoms with Gasteiger partial charge in [-0.1, -0.05) is 30.3 Å². The Morgan fingerprint density at radius 1 is 1.18 bits per heavy atom. The molecule has 3 aromatic rings. The number of anilines is 1. The summed E-state index contributed by atoms with van der Waals surface area (Å²) in [7, 11) is 0. The number of amides is 1. The molecule has 0 fully saturated rings. The van der Waals surface area contributed by atoms with Crippen LogP contribution in [0.3, 0.4) is 0 Å². The van der Waals surface area contributed by atoms with Crippen molar-refractivity contribution in [1.29, 1.82) is 0 Å². The molecule has 110 valence electrons. The van der Waals surface area contributed by atoms with E-state index >= 15 is 0 Å². The van der Waals surface area contributed by atoms with Gasteiger partial charge in [0.2, 0.25) is 0 Å². The lowest BCUT2D eigenvalue weighted by Gasteiger charge is -2.12. The van der Waals surface area contributed by atoms with Crippen LogP contribution in [-0.4, -0.2) is 22.7 Å². The van der Waals surface area contributed by atoms with Crippen molar-refractivity contribution in [3.8, 4) is 0 Å². The Labute approximate surface area is 127 Å². The monoisotopic (exact) mass is 293 g/mol. The summed E-state index contributed by atoms with van der Waals surface area (Å²) < 4.78 is 5.41. The first kappa shape index (κ1) is 13.0. The molecule has 1 amide bonds. The van der Waals surface area contributed by atoms with E-state index in [4.69, 9.17) is 4.74 Å². The molecular formula is C17H15N3O2. The third kappa shape index (κ3) is 2.25. The van der Waals surface area contributed by atoms with Gasteiger partial charge in [0, 0.05) is 23.4 Å². The van der Waals surface area contributed by atoms with Crippen molar-refractivity contribution in [3.63, 3.8) is 0 Å². The van der Waals surface area contributed by atoms with E-state index in [1.54, 1.807) is 0 Å². The van der Waals surface area contributed by atoms with Crippen LogP contribution in [0.2, 0.25) is 0 Å². The van der Waals surface area contributed by atoms with Crippen molar-refractivity contribution in [2.75, 3.05) is 11.9 Å². The normalized spacial score (nSPS) is 13.8. The lowest BCUT2D eigenvalue weighted by molar-refractivity contribution is 0.0985. The van der Waals surface area contributed by atoms with Gasteiger partial charge in [0.05, 0.1) is 13.2 Å². The minimum Gasteiger partial charge on any atom is -0.376 e. The molecule has 1 aliphatic rings. The van der Waals surface area contributed by atoms with Crippen molar-refractivity contribution in [2.45, 2.75) is 13.0 Å². The molecule has 1 aromatic heterocycles. The molecule has 5 nitrogen and oxygen atoms in total. The first-order valence-corrected chi connectivity index (χ1v) is 7.25. The Hall–Kier alpha value is -2.66. The molecule has 2 N–H and O–H groups in total. The number of nitrogens with zero attached hydrogens (tertiary/aromatic N) is 1. The van der Waals surface area contributed by atoms with E-state index in [9.17, 15) is 4.79 Å². The number of carbonyl (C=O) groups is 1. The van der Waals surface area contributed by atoms with Gasteiger partial charge in [-0.3, -0.25) is 9.89 Å². The molecule has 22 heavy (non-hydrogen) atoms. The van der Waals surface area contributed by atoms with E-state index in [1.807, 2.05) is 42.5 Å². The SMILES string of the molecule is O=C(Nc1ccc2ccccc2c1)c1n[nH]c2c1COCC2. The average molecular weight is 293 g/mol. The number of benzene rings is 2. The fourth-order valence-electron chi connectivity index (χ4n) is 2.76. The molecular weight excluding hydrogens is 278 g/mol. The summed E-state index contributed by atoms with van der Waals surface area (Å²) in [5.74, 6) is -0.210. The van der Waals surface area contributed by atoms with Crippen LogP contribution < -0.4 is 5.32 Å². The van der Waals surface area contributed by atoms with Gasteiger partial charge in [0.25, 0.3) is 5.91 Å². The second kappa shape index (κ2) is 5.27. The maximum absolute atomic E-state index is 12.4. The number of fused-ring (bicyclic) bond motifs is 2. The lowest BCUT2D eigenvalue weighted by atomic mass is 10.1. The van der Waals surface area contributed by atoms with Crippen LogP contribution in [0.4, 0.5) is 5.69 Å². The second-order valence-electron chi connectivity index (χ2n) is 5.35. The number of nitrogens with one attached hydrogen (secondary N) is 2. The van der Waals surface area contributed by atoms with Crippen LogP contribution in [0.1, 0.15) is 21.7 Å². The van der Waals surface area contributed by atoms with Crippen molar-refractivity contribution in [1.82, 2.24) is 10.2 Å². The first-order valence-electron chi connectivity index (χ1n) is 7.25. The molecule has 4 rings (SSSR count). The van der Waals surface area contributed by atoms with Gasteiger partial charge in [-0.05, 0) is 22.9 Å². The van der Waals surface area contributed by atoms with E-state index in [0.717, 1.165) is 34.1 Å². The largest absolute Gasteiger partial charge is 0.376 e.